The van der Waals surface area contributed by atoms with Crippen LogP contribution in [-0.4, -0.2) is 50.4 Å². The number of hydrogen-bond acceptors (Lipinski definition) is 6. The molecule has 0 aliphatic carbocycles. The van der Waals surface area contributed by atoms with Gasteiger partial charge in [-0.05, 0) is 6.92 Å². The van der Waals surface area contributed by atoms with Crippen LogP contribution in [0.2, 0.25) is 0 Å². The Morgan fingerprint density at radius 2 is 2.00 bits per heavy atom. The largest absolute Gasteiger partial charge is 0.479 e. The van der Waals surface area contributed by atoms with Gasteiger partial charge in [0.25, 0.3) is 0 Å². The van der Waals surface area contributed by atoms with Crippen molar-refractivity contribution in [2.24, 2.45) is 0 Å². The van der Waals surface area contributed by atoms with Gasteiger partial charge in [0.2, 0.25) is 5.60 Å². The van der Waals surface area contributed by atoms with E-state index in [9.17, 15) is 9.90 Å². The summed E-state index contributed by atoms with van der Waals surface area (Å²) in [5.74, 6) is -1.43. The smallest absolute Gasteiger partial charge is 0.340 e. The highest BCUT2D eigenvalue weighted by Crippen LogP contribution is 2.23. The van der Waals surface area contributed by atoms with E-state index in [2.05, 4.69) is 4.84 Å². The van der Waals surface area contributed by atoms with Crippen LogP contribution in [0.15, 0.2) is 0 Å². The molecular weight excluding hydrogens is 182 g/mol. The summed E-state index contributed by atoms with van der Waals surface area (Å²) in [6.07, 6.45) is -4.79. The Morgan fingerprint density at radius 1 is 1.46 bits per heavy atom. The van der Waals surface area contributed by atoms with Crippen LogP contribution in [0.25, 0.3) is 0 Å². The second kappa shape index (κ2) is 3.20. The lowest BCUT2D eigenvalue weighted by Gasteiger charge is -2.39. The molecule has 0 spiro atoms. The third-order valence-corrected chi connectivity index (χ3v) is 2.03. The van der Waals surface area contributed by atoms with Gasteiger partial charge in [-0.3, -0.25) is 4.84 Å². The number of aliphatic hydroxyl groups is 3. The van der Waals surface area contributed by atoms with Gasteiger partial charge in [0.1, 0.15) is 12.2 Å². The van der Waals surface area contributed by atoms with Crippen molar-refractivity contribution in [2.75, 3.05) is 0 Å². The molecule has 5 N–H and O–H groups in total. The number of hydroxylamine groups is 1. The van der Waals surface area contributed by atoms with Crippen molar-refractivity contribution in [3.8, 4) is 0 Å². The predicted molar refractivity (Wildman–Crippen MR) is 38.3 cm³/mol. The molecule has 7 nitrogen and oxygen atoms in total. The fourth-order valence-corrected chi connectivity index (χ4v) is 0.982. The van der Waals surface area contributed by atoms with Crippen molar-refractivity contribution in [1.82, 2.24) is 5.48 Å². The van der Waals surface area contributed by atoms with Crippen LogP contribution >= 0.6 is 0 Å². The number of carboxylic acid groups (broad SMARTS) is 1. The summed E-state index contributed by atoms with van der Waals surface area (Å²) in [6, 6.07) is 0. The van der Waals surface area contributed by atoms with Gasteiger partial charge < -0.3 is 20.4 Å². The summed E-state index contributed by atoms with van der Waals surface area (Å²) in [5.41, 5.74) is -0.0609. The quantitative estimate of drug-likeness (QED) is 0.310. The van der Waals surface area contributed by atoms with Gasteiger partial charge in [0.05, 0.1) is 0 Å². The Morgan fingerprint density at radius 3 is 2.46 bits per heavy atom. The van der Waals surface area contributed by atoms with Crippen molar-refractivity contribution in [3.63, 3.8) is 0 Å². The minimum Gasteiger partial charge on any atom is -0.479 e. The van der Waals surface area contributed by atoms with Gasteiger partial charge in [-0.15, -0.1) is 0 Å². The molecule has 76 valence electrons. The number of aliphatic carboxylic acids is 1. The highest BCUT2D eigenvalue weighted by Gasteiger charge is 2.52. The molecule has 0 amide bonds. The van der Waals surface area contributed by atoms with Gasteiger partial charge in [-0.25, -0.2) is 4.79 Å². The number of hydrogen-bond donors (Lipinski definition) is 5. The maximum absolute atomic E-state index is 10.6. The molecule has 0 radical (unpaired) electrons. The van der Waals surface area contributed by atoms with Crippen molar-refractivity contribution in [1.29, 1.82) is 0 Å². The maximum atomic E-state index is 10.6. The average molecular weight is 193 g/mol. The summed E-state index contributed by atoms with van der Waals surface area (Å²) in [4.78, 5) is 15.1. The van der Waals surface area contributed by atoms with Crippen LogP contribution in [0.4, 0.5) is 0 Å². The maximum Gasteiger partial charge on any atom is 0.340 e. The zero-order valence-electron chi connectivity index (χ0n) is 6.84. The minimum atomic E-state index is -1.96. The molecule has 1 rings (SSSR count). The van der Waals surface area contributed by atoms with Gasteiger partial charge in [-0.1, -0.05) is 0 Å². The first kappa shape index (κ1) is 10.4. The van der Waals surface area contributed by atoms with Crippen LogP contribution in [0.3, 0.4) is 0 Å². The molecule has 13 heavy (non-hydrogen) atoms. The molecule has 7 heteroatoms. The van der Waals surface area contributed by atoms with E-state index in [1.807, 2.05) is 5.48 Å². The first-order valence-corrected chi connectivity index (χ1v) is 3.60. The second-order valence-corrected chi connectivity index (χ2v) is 3.01. The standard InChI is InChI=1S/C6H11NO6/c1-6(5(11)12)3(9)2(8)4(10)7-13-6/h2-4,7-10H,1H3,(H,11,12)/t2-,3+,4+,6+/m1/s1. The lowest BCUT2D eigenvalue weighted by atomic mass is 9.93. The molecule has 1 saturated heterocycles. The molecule has 0 saturated carbocycles. The van der Waals surface area contributed by atoms with Crippen molar-refractivity contribution in [3.05, 3.63) is 0 Å². The third-order valence-electron chi connectivity index (χ3n) is 2.03. The molecule has 0 bridgehead atoms. The van der Waals surface area contributed by atoms with E-state index in [1.165, 1.54) is 0 Å². The Hall–Kier alpha value is -0.730. The first-order chi connectivity index (χ1) is 5.89. The second-order valence-electron chi connectivity index (χ2n) is 3.01. The highest BCUT2D eigenvalue weighted by molar-refractivity contribution is 5.78. The summed E-state index contributed by atoms with van der Waals surface area (Å²) in [5, 5.41) is 36.0. The number of aliphatic hydroxyl groups excluding tert-OH is 3. The van der Waals surface area contributed by atoms with E-state index < -0.39 is 30.0 Å². The van der Waals surface area contributed by atoms with Gasteiger partial charge >= 0.3 is 5.97 Å². The Bertz CT molecular complexity index is 221. The van der Waals surface area contributed by atoms with E-state index in [-0.39, 0.29) is 0 Å². The Labute approximate surface area is 73.5 Å². The summed E-state index contributed by atoms with van der Waals surface area (Å²) in [7, 11) is 0. The SMILES string of the molecule is C[C@]1(C(=O)O)ON[C@@H](O)[C@H](O)[C@@H]1O. The first-order valence-electron chi connectivity index (χ1n) is 3.60. The van der Waals surface area contributed by atoms with E-state index in [1.54, 1.807) is 0 Å². The molecule has 1 aliphatic rings. The molecule has 4 atom stereocenters. The zero-order valence-corrected chi connectivity index (χ0v) is 6.84. The fraction of sp³-hybridized carbons (Fsp3) is 0.833. The number of rotatable bonds is 1. The normalized spacial score (nSPS) is 46.0. The molecule has 1 heterocycles. The van der Waals surface area contributed by atoms with Gasteiger partial charge in [-0.2, -0.15) is 5.48 Å². The van der Waals surface area contributed by atoms with E-state index in [0.717, 1.165) is 6.92 Å². The highest BCUT2D eigenvalue weighted by atomic mass is 16.7. The van der Waals surface area contributed by atoms with Crippen LogP contribution in [0.5, 0.6) is 0 Å². The topological polar surface area (TPSA) is 119 Å². The number of carboxylic acids is 1. The molecule has 1 aliphatic heterocycles. The summed E-state index contributed by atoms with van der Waals surface area (Å²) < 4.78 is 0. The van der Waals surface area contributed by atoms with Gasteiger partial charge in [0, 0.05) is 0 Å². The van der Waals surface area contributed by atoms with Crippen LogP contribution in [-0.2, 0) is 9.63 Å². The minimum absolute atomic E-state index is 1.09. The number of nitrogens with one attached hydrogen (secondary N) is 1. The Balaban J connectivity index is 2.85. The third kappa shape index (κ3) is 1.52. The van der Waals surface area contributed by atoms with Crippen LogP contribution < -0.4 is 5.48 Å². The monoisotopic (exact) mass is 193 g/mol. The lowest BCUT2D eigenvalue weighted by Crippen LogP contribution is -2.66. The molecular formula is C6H11NO6. The van der Waals surface area contributed by atoms with Crippen molar-refractivity contribution in [2.45, 2.75) is 31.0 Å². The predicted octanol–water partition coefficient (Wildman–Crippen LogP) is -2.60. The molecule has 0 unspecified atom stereocenters. The van der Waals surface area contributed by atoms with Crippen molar-refractivity contribution >= 4 is 5.97 Å². The summed E-state index contributed by atoms with van der Waals surface area (Å²) >= 11 is 0. The fourth-order valence-electron chi connectivity index (χ4n) is 0.982. The lowest BCUT2D eigenvalue weighted by molar-refractivity contribution is -0.274. The van der Waals surface area contributed by atoms with Crippen LogP contribution in [0, 0.1) is 0 Å². The molecule has 0 aromatic carbocycles. The molecule has 0 aromatic rings. The van der Waals surface area contributed by atoms with E-state index in [0.29, 0.717) is 0 Å². The van der Waals surface area contributed by atoms with E-state index >= 15 is 0 Å². The Kier molecular flexibility index (Phi) is 2.55. The van der Waals surface area contributed by atoms with Crippen LogP contribution in [0.1, 0.15) is 6.92 Å². The van der Waals surface area contributed by atoms with Gasteiger partial charge in [0.15, 0.2) is 6.23 Å². The van der Waals surface area contributed by atoms with E-state index in [4.69, 9.17) is 15.3 Å². The average Bonchev–Trinajstić information content (AvgIpc) is 2.08. The van der Waals surface area contributed by atoms with Crippen molar-refractivity contribution < 1.29 is 30.1 Å². The molecule has 0 aromatic heterocycles. The summed E-state index contributed by atoms with van der Waals surface area (Å²) in [6.45, 7) is 1.09. The number of carbonyl (C=O) groups is 1. The molecule has 1 fully saturated rings. The zero-order chi connectivity index (χ0) is 10.2.